The minimum Gasteiger partial charge on any atom is -0.482 e. The van der Waals surface area contributed by atoms with Crippen molar-refractivity contribution < 1.29 is 9.53 Å². The van der Waals surface area contributed by atoms with Crippen molar-refractivity contribution in [2.24, 2.45) is 11.0 Å². The van der Waals surface area contributed by atoms with Crippen molar-refractivity contribution in [1.29, 1.82) is 0 Å². The minimum absolute atomic E-state index is 0.0793. The molecule has 2 aliphatic rings. The molecule has 4 nitrogen and oxygen atoms in total. The van der Waals surface area contributed by atoms with E-state index in [0.717, 1.165) is 29.9 Å². The number of thiophene rings is 2. The first-order chi connectivity index (χ1) is 15.2. The Balaban J connectivity index is 1.44. The van der Waals surface area contributed by atoms with Gasteiger partial charge in [-0.2, -0.15) is 5.10 Å². The lowest BCUT2D eigenvalue weighted by molar-refractivity contribution is -0.135. The maximum Gasteiger partial charge on any atom is 0.281 e. The topological polar surface area (TPSA) is 41.9 Å². The van der Waals surface area contributed by atoms with E-state index in [0.29, 0.717) is 10.8 Å². The minimum atomic E-state index is -0.157. The summed E-state index contributed by atoms with van der Waals surface area (Å²) >= 11 is 9.58. The van der Waals surface area contributed by atoms with Gasteiger partial charge >= 0.3 is 0 Å². The first kappa shape index (κ1) is 20.5. The summed E-state index contributed by atoms with van der Waals surface area (Å²) in [7, 11) is 0. The van der Waals surface area contributed by atoms with Crippen molar-refractivity contribution in [3.8, 4) is 5.75 Å². The standard InChI is InChI=1S/C24H21ClN2O2S2/c25-19-9-1-2-10-20(19)29-15-22(28)27-24(21-11-5-13-31-21)18-8-3-6-16(23(18)26-27)14-17-7-4-12-30-17/h1-2,4-5,7,9-14,18,24H,3,6,8,15H2/b16-14-. The Bertz CT molecular complexity index is 1120. The number of fused-ring (bicyclic) bond motifs is 1. The second-order valence-electron chi connectivity index (χ2n) is 7.59. The number of carbonyl (C=O) groups excluding carboxylic acids is 1. The number of carbonyl (C=O) groups is 1. The molecule has 0 radical (unpaired) electrons. The van der Waals surface area contributed by atoms with E-state index in [2.05, 4.69) is 35.0 Å². The second-order valence-corrected chi connectivity index (χ2v) is 9.95. The number of allylic oxidation sites excluding steroid dienone is 1. The van der Waals surface area contributed by atoms with E-state index in [1.165, 1.54) is 10.5 Å². The first-order valence-corrected chi connectivity index (χ1v) is 12.4. The summed E-state index contributed by atoms with van der Waals surface area (Å²) in [6.45, 7) is -0.0981. The lowest BCUT2D eigenvalue weighted by Gasteiger charge is -2.28. The molecule has 0 bridgehead atoms. The summed E-state index contributed by atoms with van der Waals surface area (Å²) in [6, 6.07) is 15.4. The summed E-state index contributed by atoms with van der Waals surface area (Å²) < 4.78 is 5.74. The number of para-hydroxylation sites is 1. The van der Waals surface area contributed by atoms with Crippen LogP contribution in [-0.2, 0) is 4.79 Å². The van der Waals surface area contributed by atoms with E-state index in [-0.39, 0.29) is 24.5 Å². The third-order valence-electron chi connectivity index (χ3n) is 5.64. The normalized spacial score (nSPS) is 21.8. The number of amides is 1. The molecule has 31 heavy (non-hydrogen) atoms. The molecule has 1 aliphatic heterocycles. The zero-order valence-corrected chi connectivity index (χ0v) is 19.1. The van der Waals surface area contributed by atoms with Gasteiger partial charge in [0.25, 0.3) is 5.91 Å². The summed E-state index contributed by atoms with van der Waals surface area (Å²) in [5.74, 6) is 0.561. The predicted octanol–water partition coefficient (Wildman–Crippen LogP) is 6.67. The Labute approximate surface area is 194 Å². The second kappa shape index (κ2) is 8.99. The molecule has 158 valence electrons. The van der Waals surface area contributed by atoms with Crippen LogP contribution in [0.4, 0.5) is 0 Å². The van der Waals surface area contributed by atoms with Gasteiger partial charge in [-0.3, -0.25) is 4.79 Å². The van der Waals surface area contributed by atoms with Gasteiger partial charge in [-0.05, 0) is 65.9 Å². The number of hydrogen-bond donors (Lipinski definition) is 0. The maximum absolute atomic E-state index is 13.2. The Morgan fingerprint density at radius 3 is 2.77 bits per heavy atom. The first-order valence-electron chi connectivity index (χ1n) is 10.3. The van der Waals surface area contributed by atoms with E-state index in [1.54, 1.807) is 39.8 Å². The molecule has 0 spiro atoms. The summed E-state index contributed by atoms with van der Waals surface area (Å²) in [5.41, 5.74) is 2.28. The van der Waals surface area contributed by atoms with Gasteiger partial charge in [-0.15, -0.1) is 22.7 Å². The molecule has 2 aromatic heterocycles. The zero-order chi connectivity index (χ0) is 21.2. The smallest absolute Gasteiger partial charge is 0.281 e. The number of halogens is 1. The van der Waals surface area contributed by atoms with Gasteiger partial charge in [0, 0.05) is 15.7 Å². The molecule has 3 heterocycles. The number of benzene rings is 1. The number of nitrogens with zero attached hydrogens (tertiary/aromatic N) is 2. The fourth-order valence-electron chi connectivity index (χ4n) is 4.26. The predicted molar refractivity (Wildman–Crippen MR) is 128 cm³/mol. The summed E-state index contributed by atoms with van der Waals surface area (Å²) in [4.78, 5) is 15.6. The lowest BCUT2D eigenvalue weighted by atomic mass is 9.79. The van der Waals surface area contributed by atoms with Gasteiger partial charge < -0.3 is 4.74 Å². The summed E-state index contributed by atoms with van der Waals surface area (Å²) in [6.07, 6.45) is 5.34. The highest BCUT2D eigenvalue weighted by Crippen LogP contribution is 2.45. The van der Waals surface area contributed by atoms with Crippen LogP contribution in [0.25, 0.3) is 6.08 Å². The van der Waals surface area contributed by atoms with Crippen molar-refractivity contribution in [3.63, 3.8) is 0 Å². The third-order valence-corrected chi connectivity index (χ3v) is 7.71. The highest BCUT2D eigenvalue weighted by Gasteiger charge is 2.44. The van der Waals surface area contributed by atoms with Gasteiger partial charge in [-0.25, -0.2) is 5.01 Å². The quantitative estimate of drug-likeness (QED) is 0.419. The van der Waals surface area contributed by atoms with Gasteiger partial charge in [0.1, 0.15) is 5.75 Å². The van der Waals surface area contributed by atoms with E-state index in [4.69, 9.17) is 21.4 Å². The van der Waals surface area contributed by atoms with Crippen LogP contribution in [0, 0.1) is 5.92 Å². The molecule has 1 saturated carbocycles. The molecule has 2 atom stereocenters. The average Bonchev–Trinajstić information content (AvgIpc) is 3.53. The fraction of sp³-hybridized carbons (Fsp3) is 0.250. The Morgan fingerprint density at radius 1 is 1.16 bits per heavy atom. The molecule has 2 unspecified atom stereocenters. The van der Waals surface area contributed by atoms with Crippen molar-refractivity contribution in [2.75, 3.05) is 6.61 Å². The monoisotopic (exact) mass is 468 g/mol. The van der Waals surface area contributed by atoms with Crippen LogP contribution in [0.3, 0.4) is 0 Å². The fourth-order valence-corrected chi connectivity index (χ4v) is 6.00. The molecular weight excluding hydrogens is 448 g/mol. The van der Waals surface area contributed by atoms with Crippen LogP contribution in [0.1, 0.15) is 35.1 Å². The Morgan fingerprint density at radius 2 is 2.00 bits per heavy atom. The van der Waals surface area contributed by atoms with Crippen molar-refractivity contribution in [3.05, 3.63) is 79.6 Å². The molecule has 3 aromatic rings. The number of hydrogen-bond acceptors (Lipinski definition) is 5. The Kier molecular flexibility index (Phi) is 5.94. The molecule has 7 heteroatoms. The van der Waals surface area contributed by atoms with Crippen molar-refractivity contribution >= 4 is 52.0 Å². The highest BCUT2D eigenvalue weighted by atomic mass is 35.5. The van der Waals surface area contributed by atoms with E-state index >= 15 is 0 Å². The SMILES string of the molecule is O=C(COc1ccccc1Cl)N1N=C2/C(=C\c3cccs3)CCCC2C1c1cccs1. The molecule has 1 aliphatic carbocycles. The average molecular weight is 469 g/mol. The van der Waals surface area contributed by atoms with E-state index < -0.39 is 0 Å². The van der Waals surface area contributed by atoms with E-state index in [1.807, 2.05) is 18.2 Å². The Hall–Kier alpha value is -2.41. The summed E-state index contributed by atoms with van der Waals surface area (Å²) in [5, 5.41) is 11.2. The van der Waals surface area contributed by atoms with Crippen LogP contribution in [0.2, 0.25) is 5.02 Å². The molecule has 1 fully saturated rings. The zero-order valence-electron chi connectivity index (χ0n) is 16.7. The van der Waals surface area contributed by atoms with Crippen LogP contribution in [-0.4, -0.2) is 23.2 Å². The van der Waals surface area contributed by atoms with Crippen LogP contribution >= 0.6 is 34.3 Å². The third kappa shape index (κ3) is 4.20. The molecule has 0 saturated heterocycles. The number of hydrazone groups is 1. The largest absolute Gasteiger partial charge is 0.482 e. The van der Waals surface area contributed by atoms with Crippen molar-refractivity contribution in [2.45, 2.75) is 25.3 Å². The van der Waals surface area contributed by atoms with Gasteiger partial charge in [0.05, 0.1) is 16.8 Å². The van der Waals surface area contributed by atoms with Gasteiger partial charge in [0.2, 0.25) is 0 Å². The van der Waals surface area contributed by atoms with Crippen LogP contribution < -0.4 is 4.74 Å². The molecular formula is C24H21ClN2O2S2. The molecule has 0 N–H and O–H groups in total. The van der Waals surface area contributed by atoms with E-state index in [9.17, 15) is 4.79 Å². The molecule has 5 rings (SSSR count). The number of ether oxygens (including phenoxy) is 1. The lowest BCUT2D eigenvalue weighted by Crippen LogP contribution is -2.34. The maximum atomic E-state index is 13.2. The van der Waals surface area contributed by atoms with Gasteiger partial charge in [-0.1, -0.05) is 35.9 Å². The highest BCUT2D eigenvalue weighted by molar-refractivity contribution is 7.11. The molecule has 1 aromatic carbocycles. The number of rotatable bonds is 5. The van der Waals surface area contributed by atoms with Crippen molar-refractivity contribution in [1.82, 2.24) is 5.01 Å². The molecule has 1 amide bonds. The van der Waals surface area contributed by atoms with Gasteiger partial charge in [0.15, 0.2) is 6.61 Å². The van der Waals surface area contributed by atoms with Crippen LogP contribution in [0.15, 0.2) is 70.0 Å². The van der Waals surface area contributed by atoms with Crippen LogP contribution in [0.5, 0.6) is 5.75 Å².